The molecular formula is C22H30FN3O4S2. The number of halogens is 1. The van der Waals surface area contributed by atoms with Gasteiger partial charge in [-0.3, -0.25) is 0 Å². The second kappa shape index (κ2) is 9.46. The molecule has 1 aliphatic rings. The van der Waals surface area contributed by atoms with Crippen LogP contribution >= 0.6 is 0 Å². The first-order valence-corrected chi connectivity index (χ1v) is 13.6. The Morgan fingerprint density at radius 3 is 2.12 bits per heavy atom. The molecule has 0 aliphatic carbocycles. The molecule has 32 heavy (non-hydrogen) atoms. The minimum absolute atomic E-state index is 0.0729. The summed E-state index contributed by atoms with van der Waals surface area (Å²) in [6.45, 7) is 0.379. The second-order valence-corrected chi connectivity index (χ2v) is 12.9. The van der Waals surface area contributed by atoms with Gasteiger partial charge in [-0.05, 0) is 56.1 Å². The third kappa shape index (κ3) is 5.48. The summed E-state index contributed by atoms with van der Waals surface area (Å²) in [6.07, 6.45) is 0. The fourth-order valence-electron chi connectivity index (χ4n) is 3.97. The highest BCUT2D eigenvalue weighted by atomic mass is 32.2. The molecule has 0 amide bonds. The lowest BCUT2D eigenvalue weighted by atomic mass is 10.0. The van der Waals surface area contributed by atoms with Crippen LogP contribution in [0.4, 0.5) is 10.1 Å². The van der Waals surface area contributed by atoms with E-state index in [0.717, 1.165) is 23.4 Å². The van der Waals surface area contributed by atoms with E-state index in [2.05, 4.69) is 5.32 Å². The average molecular weight is 484 g/mol. The van der Waals surface area contributed by atoms with Crippen molar-refractivity contribution in [3.63, 3.8) is 0 Å². The van der Waals surface area contributed by atoms with Crippen LogP contribution in [-0.2, 0) is 19.7 Å². The Bertz CT molecular complexity index is 1130. The molecule has 1 aliphatic heterocycles. The van der Waals surface area contributed by atoms with Crippen LogP contribution in [-0.4, -0.2) is 79.3 Å². The molecule has 10 heteroatoms. The first-order chi connectivity index (χ1) is 14.9. The topological polar surface area (TPSA) is 86.8 Å². The summed E-state index contributed by atoms with van der Waals surface area (Å²) in [5.74, 6) is -1.25. The number of sulfone groups is 2. The van der Waals surface area contributed by atoms with Gasteiger partial charge in [0.2, 0.25) is 0 Å². The molecule has 0 bridgehead atoms. The van der Waals surface area contributed by atoms with Gasteiger partial charge in [0.25, 0.3) is 0 Å². The van der Waals surface area contributed by atoms with Crippen LogP contribution in [0.25, 0.3) is 0 Å². The molecule has 0 spiro atoms. The molecule has 1 unspecified atom stereocenters. The fraction of sp³-hybridized carbons (Fsp3) is 0.455. The zero-order valence-electron chi connectivity index (χ0n) is 18.7. The number of rotatable bonds is 8. The van der Waals surface area contributed by atoms with Crippen molar-refractivity contribution in [2.45, 2.75) is 22.2 Å². The highest BCUT2D eigenvalue weighted by Gasteiger charge is 2.45. The van der Waals surface area contributed by atoms with E-state index < -0.39 is 42.5 Å². The van der Waals surface area contributed by atoms with Crippen LogP contribution in [0.1, 0.15) is 11.6 Å². The number of hydrogen-bond donors (Lipinski definition) is 1. The molecule has 0 radical (unpaired) electrons. The number of anilines is 1. The molecule has 2 aromatic carbocycles. The number of nitrogens with zero attached hydrogens (tertiary/aromatic N) is 2. The molecule has 1 saturated heterocycles. The number of hydrogen-bond acceptors (Lipinski definition) is 7. The Morgan fingerprint density at radius 1 is 1.00 bits per heavy atom. The van der Waals surface area contributed by atoms with E-state index in [0.29, 0.717) is 6.54 Å². The summed E-state index contributed by atoms with van der Waals surface area (Å²) in [7, 11) is 0.285. The largest absolute Gasteiger partial charge is 0.378 e. The molecule has 3 atom stereocenters. The van der Waals surface area contributed by atoms with E-state index in [4.69, 9.17) is 0 Å². The van der Waals surface area contributed by atoms with E-state index >= 15 is 0 Å². The minimum atomic E-state index is -3.95. The van der Waals surface area contributed by atoms with Gasteiger partial charge in [-0.25, -0.2) is 21.2 Å². The van der Waals surface area contributed by atoms with Gasteiger partial charge in [-0.2, -0.15) is 0 Å². The number of benzene rings is 2. The third-order valence-electron chi connectivity index (χ3n) is 5.83. The lowest BCUT2D eigenvalue weighted by Crippen LogP contribution is -2.46. The van der Waals surface area contributed by atoms with Gasteiger partial charge >= 0.3 is 0 Å². The van der Waals surface area contributed by atoms with Gasteiger partial charge in [-0.1, -0.05) is 12.1 Å². The summed E-state index contributed by atoms with van der Waals surface area (Å²) in [5, 5.41) is 2.08. The molecule has 176 valence electrons. The maximum atomic E-state index is 13.3. The lowest BCUT2D eigenvalue weighted by Gasteiger charge is -2.28. The Hall–Kier alpha value is -2.01. The average Bonchev–Trinajstić information content (AvgIpc) is 3.04. The first kappa shape index (κ1) is 24.6. The van der Waals surface area contributed by atoms with Gasteiger partial charge in [-0.15, -0.1) is 0 Å². The molecular weight excluding hydrogens is 453 g/mol. The highest BCUT2D eigenvalue weighted by Crippen LogP contribution is 2.27. The van der Waals surface area contributed by atoms with Crippen LogP contribution < -0.4 is 10.2 Å². The summed E-state index contributed by atoms with van der Waals surface area (Å²) < 4.78 is 64.3. The smallest absolute Gasteiger partial charge is 0.183 e. The molecule has 1 N–H and O–H groups in total. The normalized spacial score (nSPS) is 21.6. The van der Waals surface area contributed by atoms with E-state index in [-0.39, 0.29) is 16.7 Å². The number of nitrogens with one attached hydrogen (secondary N) is 1. The Labute approximate surface area is 190 Å². The predicted octanol–water partition coefficient (Wildman–Crippen LogP) is 1.72. The van der Waals surface area contributed by atoms with Crippen molar-refractivity contribution in [3.8, 4) is 0 Å². The Kier molecular flexibility index (Phi) is 7.28. The molecule has 0 aromatic heterocycles. The summed E-state index contributed by atoms with van der Waals surface area (Å²) in [5.41, 5.74) is 2.10. The van der Waals surface area contributed by atoms with Crippen LogP contribution in [0, 0.1) is 5.82 Å². The van der Waals surface area contributed by atoms with E-state index in [1.54, 1.807) is 0 Å². The molecule has 1 fully saturated rings. The molecule has 2 aromatic rings. The van der Waals surface area contributed by atoms with Crippen LogP contribution in [0.15, 0.2) is 53.4 Å². The predicted molar refractivity (Wildman–Crippen MR) is 125 cm³/mol. The summed E-state index contributed by atoms with van der Waals surface area (Å²) >= 11 is 0. The van der Waals surface area contributed by atoms with Crippen LogP contribution in [0.5, 0.6) is 0 Å². The van der Waals surface area contributed by atoms with Crippen molar-refractivity contribution in [1.29, 1.82) is 0 Å². The number of likely N-dealkylation sites (N-methyl/N-ethyl adjacent to an activating group) is 1. The minimum Gasteiger partial charge on any atom is -0.378 e. The third-order valence-corrected chi connectivity index (χ3v) is 10.00. The monoisotopic (exact) mass is 483 g/mol. The Balaban J connectivity index is 1.82. The Morgan fingerprint density at radius 2 is 1.59 bits per heavy atom. The van der Waals surface area contributed by atoms with Crippen molar-refractivity contribution >= 4 is 25.4 Å². The maximum Gasteiger partial charge on any atom is 0.183 e. The summed E-state index contributed by atoms with van der Waals surface area (Å²) in [6, 6.07) is 11.7. The van der Waals surface area contributed by atoms with E-state index in [1.807, 2.05) is 62.3 Å². The van der Waals surface area contributed by atoms with Crippen molar-refractivity contribution in [1.82, 2.24) is 10.2 Å². The van der Waals surface area contributed by atoms with Gasteiger partial charge in [0.15, 0.2) is 19.7 Å². The highest BCUT2D eigenvalue weighted by molar-refractivity contribution is 7.96. The maximum absolute atomic E-state index is 13.3. The van der Waals surface area contributed by atoms with Gasteiger partial charge in [0, 0.05) is 38.4 Å². The molecule has 1 heterocycles. The van der Waals surface area contributed by atoms with Crippen molar-refractivity contribution in [3.05, 3.63) is 59.9 Å². The van der Waals surface area contributed by atoms with Gasteiger partial charge in [0.1, 0.15) is 5.82 Å². The summed E-state index contributed by atoms with van der Waals surface area (Å²) in [4.78, 5) is 3.93. The second-order valence-electron chi connectivity index (χ2n) is 8.59. The van der Waals surface area contributed by atoms with Crippen LogP contribution in [0.2, 0.25) is 0 Å². The van der Waals surface area contributed by atoms with Gasteiger partial charge < -0.3 is 15.1 Å². The van der Waals surface area contributed by atoms with E-state index in [9.17, 15) is 21.2 Å². The zero-order valence-corrected chi connectivity index (χ0v) is 20.3. The fourth-order valence-corrected chi connectivity index (χ4v) is 8.68. The van der Waals surface area contributed by atoms with E-state index in [1.165, 1.54) is 12.1 Å². The van der Waals surface area contributed by atoms with Crippen molar-refractivity contribution < 1.29 is 21.2 Å². The quantitative estimate of drug-likeness (QED) is 0.572. The molecule has 3 rings (SSSR count). The standard InChI is InChI=1S/C22H30FN3O4S2/c1-25(2)18-9-5-16(6-10-18)21(26(3)4)13-24-20-14-31(27,28)15-22(20)32(29,30)19-11-7-17(23)8-12-19/h5-12,20-22,24H,13-15H2,1-4H3/t20-,21?,22-/m0/s1. The zero-order chi connectivity index (χ0) is 23.7. The molecule has 0 saturated carbocycles. The molecule has 7 nitrogen and oxygen atoms in total. The first-order valence-electron chi connectivity index (χ1n) is 10.3. The van der Waals surface area contributed by atoms with Gasteiger partial charge in [0.05, 0.1) is 21.7 Å². The van der Waals surface area contributed by atoms with Crippen molar-refractivity contribution in [2.75, 3.05) is 51.1 Å². The SMILES string of the molecule is CN(C)c1ccc(C(CN[C@H]2CS(=O)(=O)C[C@@H]2S(=O)(=O)c2ccc(F)cc2)N(C)C)cc1. The van der Waals surface area contributed by atoms with Crippen molar-refractivity contribution in [2.24, 2.45) is 0 Å². The lowest BCUT2D eigenvalue weighted by molar-refractivity contribution is 0.282. The van der Waals surface area contributed by atoms with Crippen LogP contribution in [0.3, 0.4) is 0 Å².